The number of amides is 1. The number of likely N-dealkylation sites (tertiary alicyclic amines) is 1. The summed E-state index contributed by atoms with van der Waals surface area (Å²) in [5.74, 6) is -0.294. The third-order valence-corrected chi connectivity index (χ3v) is 5.98. The quantitative estimate of drug-likeness (QED) is 0.830. The number of aliphatic carboxylic acids is 1. The van der Waals surface area contributed by atoms with Crippen molar-refractivity contribution in [2.24, 2.45) is 5.92 Å². The van der Waals surface area contributed by atoms with E-state index in [0.29, 0.717) is 32.0 Å². The molecule has 2 aliphatic rings. The van der Waals surface area contributed by atoms with Gasteiger partial charge in [0.2, 0.25) is 0 Å². The molecular weight excluding hydrogens is 354 g/mol. The number of carboxylic acids is 1. The summed E-state index contributed by atoms with van der Waals surface area (Å²) in [5, 5.41) is 8.81. The number of ether oxygens (including phenoxy) is 1. The molecule has 1 aliphatic carbocycles. The third kappa shape index (κ3) is 3.75. The number of benzene rings is 2. The van der Waals surface area contributed by atoms with Crippen LogP contribution in [0.2, 0.25) is 0 Å². The van der Waals surface area contributed by atoms with Gasteiger partial charge in [-0.1, -0.05) is 48.5 Å². The molecule has 1 heterocycles. The molecule has 5 nitrogen and oxygen atoms in total. The van der Waals surface area contributed by atoms with Crippen molar-refractivity contribution in [1.82, 2.24) is 4.90 Å². The third-order valence-electron chi connectivity index (χ3n) is 5.98. The normalized spacial score (nSPS) is 16.5. The van der Waals surface area contributed by atoms with E-state index >= 15 is 0 Å². The summed E-state index contributed by atoms with van der Waals surface area (Å²) >= 11 is 0. The fourth-order valence-electron chi connectivity index (χ4n) is 4.42. The van der Waals surface area contributed by atoms with Gasteiger partial charge in [-0.2, -0.15) is 0 Å². The number of hydrogen-bond acceptors (Lipinski definition) is 3. The van der Waals surface area contributed by atoms with Crippen LogP contribution in [0, 0.1) is 5.92 Å². The number of fused-ring (bicyclic) bond motifs is 3. The predicted molar refractivity (Wildman–Crippen MR) is 106 cm³/mol. The number of hydrogen-bond donors (Lipinski definition) is 1. The first-order valence-corrected chi connectivity index (χ1v) is 9.95. The topological polar surface area (TPSA) is 66.8 Å². The van der Waals surface area contributed by atoms with Crippen molar-refractivity contribution < 1.29 is 19.4 Å². The minimum Gasteiger partial charge on any atom is -0.481 e. The maximum Gasteiger partial charge on any atom is 0.409 e. The monoisotopic (exact) mass is 379 g/mol. The van der Waals surface area contributed by atoms with Gasteiger partial charge >= 0.3 is 12.1 Å². The van der Waals surface area contributed by atoms with Crippen molar-refractivity contribution in [1.29, 1.82) is 0 Å². The lowest BCUT2D eigenvalue weighted by Gasteiger charge is -2.31. The molecule has 2 aromatic rings. The number of piperidine rings is 1. The molecule has 0 radical (unpaired) electrons. The molecule has 1 N–H and O–H groups in total. The number of rotatable bonds is 5. The second-order valence-electron chi connectivity index (χ2n) is 7.67. The molecule has 146 valence electrons. The molecule has 1 saturated heterocycles. The molecule has 4 rings (SSSR count). The fourth-order valence-corrected chi connectivity index (χ4v) is 4.42. The highest BCUT2D eigenvalue weighted by atomic mass is 16.6. The zero-order chi connectivity index (χ0) is 19.5. The Bertz CT molecular complexity index is 825. The van der Waals surface area contributed by atoms with Crippen LogP contribution < -0.4 is 0 Å². The van der Waals surface area contributed by atoms with E-state index in [2.05, 4.69) is 24.3 Å². The van der Waals surface area contributed by atoms with E-state index in [0.717, 1.165) is 12.8 Å². The molecule has 1 amide bonds. The van der Waals surface area contributed by atoms with Crippen LogP contribution in [0.25, 0.3) is 11.1 Å². The first-order valence-electron chi connectivity index (χ1n) is 9.95. The summed E-state index contributed by atoms with van der Waals surface area (Å²) < 4.78 is 5.71. The number of nitrogens with zero attached hydrogens (tertiary/aromatic N) is 1. The van der Waals surface area contributed by atoms with Crippen LogP contribution in [-0.4, -0.2) is 41.8 Å². The summed E-state index contributed by atoms with van der Waals surface area (Å²) in [4.78, 5) is 25.0. The van der Waals surface area contributed by atoms with Crippen molar-refractivity contribution in [3.8, 4) is 11.1 Å². The highest BCUT2D eigenvalue weighted by molar-refractivity contribution is 5.79. The lowest BCUT2D eigenvalue weighted by Crippen LogP contribution is -2.39. The van der Waals surface area contributed by atoms with Gasteiger partial charge in [-0.3, -0.25) is 4.79 Å². The van der Waals surface area contributed by atoms with E-state index in [-0.39, 0.29) is 18.4 Å². The minimum atomic E-state index is -0.751. The van der Waals surface area contributed by atoms with E-state index in [4.69, 9.17) is 9.84 Å². The minimum absolute atomic E-state index is 0.0736. The zero-order valence-electron chi connectivity index (χ0n) is 15.8. The van der Waals surface area contributed by atoms with Crippen LogP contribution in [-0.2, 0) is 9.53 Å². The van der Waals surface area contributed by atoms with Crippen LogP contribution >= 0.6 is 0 Å². The Morgan fingerprint density at radius 3 is 2.11 bits per heavy atom. The Kier molecular flexibility index (Phi) is 5.33. The van der Waals surface area contributed by atoms with Crippen LogP contribution in [0.3, 0.4) is 0 Å². The molecule has 0 unspecified atom stereocenters. The second kappa shape index (κ2) is 8.05. The molecule has 28 heavy (non-hydrogen) atoms. The average molecular weight is 379 g/mol. The Hall–Kier alpha value is -2.82. The van der Waals surface area contributed by atoms with Gasteiger partial charge in [0.1, 0.15) is 6.61 Å². The summed E-state index contributed by atoms with van der Waals surface area (Å²) in [6.45, 7) is 1.62. The van der Waals surface area contributed by atoms with Gasteiger partial charge in [-0.05, 0) is 47.4 Å². The van der Waals surface area contributed by atoms with E-state index in [1.807, 2.05) is 24.3 Å². The van der Waals surface area contributed by atoms with Gasteiger partial charge in [0, 0.05) is 25.4 Å². The molecule has 0 aromatic heterocycles. The Labute approximate surface area is 164 Å². The molecule has 0 spiro atoms. The van der Waals surface area contributed by atoms with Gasteiger partial charge < -0.3 is 14.7 Å². The van der Waals surface area contributed by atoms with Crippen molar-refractivity contribution in [3.05, 3.63) is 59.7 Å². The first kappa shape index (κ1) is 18.5. The zero-order valence-corrected chi connectivity index (χ0v) is 15.8. The van der Waals surface area contributed by atoms with Crippen LogP contribution in [0.5, 0.6) is 0 Å². The largest absolute Gasteiger partial charge is 0.481 e. The Balaban J connectivity index is 1.35. The smallest absolute Gasteiger partial charge is 0.409 e. The lowest BCUT2D eigenvalue weighted by atomic mass is 9.92. The summed E-state index contributed by atoms with van der Waals surface area (Å²) in [7, 11) is 0. The van der Waals surface area contributed by atoms with Gasteiger partial charge in [-0.15, -0.1) is 0 Å². The number of carboxylic acid groups (broad SMARTS) is 1. The number of carbonyl (C=O) groups is 2. The molecule has 0 bridgehead atoms. The Morgan fingerprint density at radius 1 is 0.964 bits per heavy atom. The van der Waals surface area contributed by atoms with Gasteiger partial charge in [0.15, 0.2) is 0 Å². The highest BCUT2D eigenvalue weighted by Gasteiger charge is 2.30. The van der Waals surface area contributed by atoms with Gasteiger partial charge in [-0.25, -0.2) is 4.79 Å². The van der Waals surface area contributed by atoms with Crippen molar-refractivity contribution in [2.75, 3.05) is 19.7 Å². The molecular formula is C23H25NO4. The summed E-state index contributed by atoms with van der Waals surface area (Å²) in [6, 6.07) is 16.6. The molecule has 1 fully saturated rings. The Morgan fingerprint density at radius 2 is 1.54 bits per heavy atom. The predicted octanol–water partition coefficient (Wildman–Crippen LogP) is 4.51. The number of carbonyl (C=O) groups excluding carboxylic acids is 1. The molecule has 1 aliphatic heterocycles. The average Bonchev–Trinajstić information content (AvgIpc) is 3.05. The molecule has 5 heteroatoms. The first-order chi connectivity index (χ1) is 13.6. The van der Waals surface area contributed by atoms with Crippen molar-refractivity contribution in [3.63, 3.8) is 0 Å². The van der Waals surface area contributed by atoms with E-state index in [1.54, 1.807) is 4.90 Å². The lowest BCUT2D eigenvalue weighted by molar-refractivity contribution is -0.137. The SMILES string of the molecule is O=C(O)CCC1CCN(C(=O)OCC2c3ccccc3-c3ccccc32)CC1. The summed E-state index contributed by atoms with van der Waals surface area (Å²) in [5.41, 5.74) is 4.87. The summed E-state index contributed by atoms with van der Waals surface area (Å²) in [6.07, 6.45) is 2.32. The van der Waals surface area contributed by atoms with E-state index in [1.165, 1.54) is 22.3 Å². The van der Waals surface area contributed by atoms with E-state index in [9.17, 15) is 9.59 Å². The van der Waals surface area contributed by atoms with Crippen molar-refractivity contribution >= 4 is 12.1 Å². The molecule has 2 aromatic carbocycles. The molecule has 0 atom stereocenters. The standard InChI is InChI=1S/C23H25NO4/c25-22(26)10-9-16-11-13-24(14-12-16)23(27)28-15-21-19-7-3-1-5-17(19)18-6-2-4-8-20(18)21/h1-8,16,21H,9-15H2,(H,25,26). The second-order valence-corrected chi connectivity index (χ2v) is 7.67. The van der Waals surface area contributed by atoms with Gasteiger partial charge in [0.05, 0.1) is 0 Å². The highest BCUT2D eigenvalue weighted by Crippen LogP contribution is 2.44. The fraction of sp³-hybridized carbons (Fsp3) is 0.391. The van der Waals surface area contributed by atoms with Gasteiger partial charge in [0.25, 0.3) is 0 Å². The molecule has 0 saturated carbocycles. The maximum atomic E-state index is 12.6. The van der Waals surface area contributed by atoms with Crippen molar-refractivity contribution in [2.45, 2.75) is 31.6 Å². The van der Waals surface area contributed by atoms with Crippen LogP contribution in [0.4, 0.5) is 4.79 Å². The maximum absolute atomic E-state index is 12.6. The van der Waals surface area contributed by atoms with Crippen LogP contribution in [0.1, 0.15) is 42.7 Å². The van der Waals surface area contributed by atoms with E-state index < -0.39 is 5.97 Å². The van der Waals surface area contributed by atoms with Crippen LogP contribution in [0.15, 0.2) is 48.5 Å².